The maximum absolute atomic E-state index is 10.2. The van der Waals surface area contributed by atoms with Crippen LogP contribution in [0.15, 0.2) is 24.3 Å². The number of hydrogen-bond acceptors (Lipinski definition) is 5. The maximum Gasteiger partial charge on any atom is 0.227 e. The number of benzene rings is 1. The molecule has 1 aromatic carbocycles. The Morgan fingerprint density at radius 2 is 2.12 bits per heavy atom. The molecule has 2 aliphatic carbocycles. The average molecular weight is 340 g/mol. The lowest BCUT2D eigenvalue weighted by Crippen LogP contribution is -2.25. The number of aromatic nitrogens is 3. The highest BCUT2D eigenvalue weighted by atomic mass is 32.1. The Morgan fingerprint density at radius 3 is 2.92 bits per heavy atom. The lowest BCUT2D eigenvalue weighted by molar-refractivity contribution is 0.436. The van der Waals surface area contributed by atoms with Crippen molar-refractivity contribution in [2.24, 2.45) is 11.8 Å². The Morgan fingerprint density at radius 1 is 1.21 bits per heavy atom. The lowest BCUT2D eigenvalue weighted by Gasteiger charge is -2.22. The quantitative estimate of drug-likeness (QED) is 0.673. The summed E-state index contributed by atoms with van der Waals surface area (Å²) in [6.07, 6.45) is 5.93. The molecular formula is C18H20N4OS. The van der Waals surface area contributed by atoms with Crippen molar-refractivity contribution >= 4 is 27.5 Å². The third kappa shape index (κ3) is 2.45. The number of fused-ring (bicyclic) bond motifs is 3. The average Bonchev–Trinajstić information content (AvgIpc) is 3.32. The van der Waals surface area contributed by atoms with E-state index in [0.29, 0.717) is 12.5 Å². The third-order valence-electron chi connectivity index (χ3n) is 5.49. The summed E-state index contributed by atoms with van der Waals surface area (Å²) in [5.41, 5.74) is 1.98. The number of imidazole rings is 1. The molecule has 3 atom stereocenters. The van der Waals surface area contributed by atoms with E-state index in [1.54, 1.807) is 11.3 Å². The van der Waals surface area contributed by atoms with Gasteiger partial charge in [-0.25, -0.2) is 4.98 Å². The van der Waals surface area contributed by atoms with Gasteiger partial charge >= 0.3 is 0 Å². The van der Waals surface area contributed by atoms with Crippen molar-refractivity contribution in [3.63, 3.8) is 0 Å². The van der Waals surface area contributed by atoms with Gasteiger partial charge in [-0.15, -0.1) is 0 Å². The Bertz CT molecular complexity index is 853. The van der Waals surface area contributed by atoms with Gasteiger partial charge in [0.2, 0.25) is 5.88 Å². The molecule has 2 fully saturated rings. The molecule has 2 bridgehead atoms. The van der Waals surface area contributed by atoms with E-state index >= 15 is 0 Å². The summed E-state index contributed by atoms with van der Waals surface area (Å²) in [6.45, 7) is 0. The van der Waals surface area contributed by atoms with Gasteiger partial charge in [0.15, 0.2) is 5.13 Å². The molecule has 0 radical (unpaired) electrons. The Kier molecular flexibility index (Phi) is 3.26. The van der Waals surface area contributed by atoms with Crippen LogP contribution < -0.4 is 5.32 Å². The molecule has 124 valence electrons. The van der Waals surface area contributed by atoms with Crippen LogP contribution in [0.1, 0.15) is 36.4 Å². The van der Waals surface area contributed by atoms with Gasteiger partial charge in [-0.3, -0.25) is 0 Å². The number of anilines is 1. The summed E-state index contributed by atoms with van der Waals surface area (Å²) in [7, 11) is 0. The second kappa shape index (κ2) is 5.48. The van der Waals surface area contributed by atoms with Crippen molar-refractivity contribution in [2.75, 3.05) is 5.32 Å². The molecule has 2 heterocycles. The first kappa shape index (κ1) is 14.3. The molecule has 5 rings (SSSR count). The van der Waals surface area contributed by atoms with Crippen molar-refractivity contribution in [3.8, 4) is 5.88 Å². The van der Waals surface area contributed by atoms with Crippen LogP contribution in [-0.2, 0) is 6.42 Å². The number of para-hydroxylation sites is 2. The Labute approximate surface area is 144 Å². The van der Waals surface area contributed by atoms with E-state index in [1.165, 1.54) is 25.7 Å². The molecular weight excluding hydrogens is 320 g/mol. The van der Waals surface area contributed by atoms with Gasteiger partial charge in [0.25, 0.3) is 0 Å². The van der Waals surface area contributed by atoms with Gasteiger partial charge in [0, 0.05) is 12.5 Å². The predicted molar refractivity (Wildman–Crippen MR) is 95.5 cm³/mol. The van der Waals surface area contributed by atoms with E-state index in [1.807, 2.05) is 24.3 Å². The minimum Gasteiger partial charge on any atom is -0.492 e. The van der Waals surface area contributed by atoms with Crippen LogP contribution in [0.4, 0.5) is 5.13 Å². The summed E-state index contributed by atoms with van der Waals surface area (Å²) in [5, 5.41) is 14.6. The first-order valence-electron chi connectivity index (χ1n) is 8.63. The molecule has 3 unspecified atom stereocenters. The summed E-state index contributed by atoms with van der Waals surface area (Å²) in [4.78, 5) is 13.1. The Balaban J connectivity index is 1.34. The highest BCUT2D eigenvalue weighted by Crippen LogP contribution is 2.46. The number of H-pyrrole nitrogens is 1. The van der Waals surface area contributed by atoms with E-state index in [9.17, 15) is 5.11 Å². The maximum atomic E-state index is 10.2. The smallest absolute Gasteiger partial charge is 0.227 e. The SMILES string of the molecule is Oc1nc(NC2CC3CCC2C3)sc1Cc1nc2ccccc2[nH]1. The fourth-order valence-electron chi connectivity index (χ4n) is 4.34. The molecule has 6 heteroatoms. The minimum absolute atomic E-state index is 0.131. The molecule has 0 saturated heterocycles. The zero-order valence-electron chi connectivity index (χ0n) is 13.3. The summed E-state index contributed by atoms with van der Waals surface area (Å²) >= 11 is 1.55. The zero-order chi connectivity index (χ0) is 16.1. The first-order chi connectivity index (χ1) is 11.7. The van der Waals surface area contributed by atoms with Gasteiger partial charge in [-0.1, -0.05) is 29.9 Å². The normalized spacial score (nSPS) is 25.6. The number of rotatable bonds is 4. The second-order valence-electron chi connectivity index (χ2n) is 7.07. The summed E-state index contributed by atoms with van der Waals surface area (Å²) in [6, 6.07) is 8.51. The summed E-state index contributed by atoms with van der Waals surface area (Å²) in [5.74, 6) is 2.68. The van der Waals surface area contributed by atoms with Crippen molar-refractivity contribution in [1.29, 1.82) is 0 Å². The summed E-state index contributed by atoms with van der Waals surface area (Å²) < 4.78 is 0. The van der Waals surface area contributed by atoms with Gasteiger partial charge in [0.05, 0.1) is 15.9 Å². The van der Waals surface area contributed by atoms with Gasteiger partial charge in [-0.05, 0) is 43.2 Å². The van der Waals surface area contributed by atoms with E-state index < -0.39 is 0 Å². The van der Waals surface area contributed by atoms with E-state index in [2.05, 4.69) is 20.3 Å². The van der Waals surface area contributed by atoms with Crippen molar-refractivity contribution in [1.82, 2.24) is 15.0 Å². The number of nitrogens with one attached hydrogen (secondary N) is 2. The molecule has 24 heavy (non-hydrogen) atoms. The minimum atomic E-state index is 0.131. The van der Waals surface area contributed by atoms with E-state index in [-0.39, 0.29) is 5.88 Å². The van der Waals surface area contributed by atoms with E-state index in [0.717, 1.165) is 38.7 Å². The van der Waals surface area contributed by atoms with Crippen LogP contribution in [-0.4, -0.2) is 26.1 Å². The van der Waals surface area contributed by atoms with Crippen LogP contribution in [0.25, 0.3) is 11.0 Å². The van der Waals surface area contributed by atoms with Crippen LogP contribution in [0.3, 0.4) is 0 Å². The fraction of sp³-hybridized carbons (Fsp3) is 0.444. The number of aromatic amines is 1. The molecule has 3 aromatic rings. The highest BCUT2D eigenvalue weighted by molar-refractivity contribution is 7.15. The number of aromatic hydroxyl groups is 1. The van der Waals surface area contributed by atoms with Crippen molar-refractivity contribution in [2.45, 2.75) is 38.1 Å². The standard InChI is InChI=1S/C18H20N4OS/c23-17-15(9-16-19-12-3-1-2-4-13(12)20-16)24-18(22-17)21-14-8-10-5-6-11(14)7-10/h1-4,10-11,14,23H,5-9H2,(H,19,20)(H,21,22). The first-order valence-corrected chi connectivity index (χ1v) is 9.45. The second-order valence-corrected chi connectivity index (χ2v) is 8.15. The van der Waals surface area contributed by atoms with Crippen LogP contribution in [0.5, 0.6) is 5.88 Å². The van der Waals surface area contributed by atoms with Crippen LogP contribution in [0, 0.1) is 11.8 Å². The zero-order valence-corrected chi connectivity index (χ0v) is 14.1. The Hall–Kier alpha value is -2.08. The molecule has 5 nitrogen and oxygen atoms in total. The monoisotopic (exact) mass is 340 g/mol. The van der Waals surface area contributed by atoms with Gasteiger partial charge in [-0.2, -0.15) is 4.98 Å². The number of hydrogen-bond donors (Lipinski definition) is 3. The molecule has 2 aliphatic rings. The van der Waals surface area contributed by atoms with Crippen LogP contribution >= 0.6 is 11.3 Å². The van der Waals surface area contributed by atoms with E-state index in [4.69, 9.17) is 0 Å². The molecule has 3 N–H and O–H groups in total. The molecule has 0 aliphatic heterocycles. The molecule has 0 spiro atoms. The molecule has 2 saturated carbocycles. The fourth-order valence-corrected chi connectivity index (χ4v) is 5.26. The molecule has 0 amide bonds. The van der Waals surface area contributed by atoms with Crippen molar-refractivity contribution in [3.05, 3.63) is 35.0 Å². The van der Waals surface area contributed by atoms with Gasteiger partial charge in [0.1, 0.15) is 5.82 Å². The topological polar surface area (TPSA) is 73.8 Å². The van der Waals surface area contributed by atoms with Gasteiger partial charge < -0.3 is 15.4 Å². The largest absolute Gasteiger partial charge is 0.492 e. The number of thiazole rings is 1. The number of nitrogens with zero attached hydrogens (tertiary/aromatic N) is 2. The predicted octanol–water partition coefficient (Wildman–Crippen LogP) is 3.92. The van der Waals surface area contributed by atoms with Crippen molar-refractivity contribution < 1.29 is 5.11 Å². The third-order valence-corrected chi connectivity index (χ3v) is 6.47. The van der Waals surface area contributed by atoms with Crippen LogP contribution in [0.2, 0.25) is 0 Å². The lowest BCUT2D eigenvalue weighted by atomic mass is 9.96. The highest BCUT2D eigenvalue weighted by Gasteiger charge is 2.39. The molecule has 2 aromatic heterocycles.